The van der Waals surface area contributed by atoms with Crippen LogP contribution in [0.15, 0.2) is 36.4 Å². The van der Waals surface area contributed by atoms with Gasteiger partial charge in [0.05, 0.1) is 19.3 Å². The van der Waals surface area contributed by atoms with E-state index in [1.54, 1.807) is 18.2 Å². The Morgan fingerprint density at radius 1 is 1.13 bits per heavy atom. The van der Waals surface area contributed by atoms with Crippen molar-refractivity contribution in [3.63, 3.8) is 0 Å². The lowest BCUT2D eigenvalue weighted by molar-refractivity contribution is -0.120. The van der Waals surface area contributed by atoms with Gasteiger partial charge in [-0.05, 0) is 55.5 Å². The topological polar surface area (TPSA) is 108 Å². The Labute approximate surface area is 234 Å². The Morgan fingerprint density at radius 3 is 2.64 bits per heavy atom. The number of carbonyl (C=O) groups is 3. The summed E-state index contributed by atoms with van der Waals surface area (Å²) in [5.74, 6) is -0.621. The van der Waals surface area contributed by atoms with Crippen LogP contribution in [0.5, 0.6) is 0 Å². The van der Waals surface area contributed by atoms with Crippen LogP contribution in [0.4, 0.5) is 10.5 Å². The van der Waals surface area contributed by atoms with E-state index in [9.17, 15) is 19.5 Å². The number of thiophene rings is 1. The first kappa shape index (κ1) is 29.2. The zero-order valence-electron chi connectivity index (χ0n) is 22.6. The van der Waals surface area contributed by atoms with Crippen molar-refractivity contribution in [2.45, 2.75) is 64.0 Å². The summed E-state index contributed by atoms with van der Waals surface area (Å²) < 4.78 is 10.8. The van der Waals surface area contributed by atoms with E-state index >= 15 is 0 Å². The number of ether oxygens (including phenoxy) is 2. The molecular weight excluding hydrogens is 518 g/mol. The number of hydrogen-bond donors (Lipinski definition) is 2. The van der Waals surface area contributed by atoms with Gasteiger partial charge in [-0.2, -0.15) is 0 Å². The van der Waals surface area contributed by atoms with Crippen LogP contribution in [0.1, 0.15) is 71.7 Å². The molecule has 0 spiro atoms. The molecule has 0 aliphatic carbocycles. The molecule has 39 heavy (non-hydrogen) atoms. The highest BCUT2D eigenvalue weighted by atomic mass is 32.1. The lowest BCUT2D eigenvalue weighted by Crippen LogP contribution is -2.38. The number of morpholine rings is 1. The number of aliphatic hydroxyl groups is 1. The zero-order valence-corrected chi connectivity index (χ0v) is 23.4. The van der Waals surface area contributed by atoms with Crippen LogP contribution >= 0.6 is 11.3 Å². The number of nitrogens with one attached hydrogen (secondary N) is 1. The van der Waals surface area contributed by atoms with Crippen molar-refractivity contribution in [2.75, 3.05) is 44.4 Å². The minimum absolute atomic E-state index is 0.306. The average molecular weight is 558 g/mol. The molecule has 2 atom stereocenters. The highest BCUT2D eigenvalue weighted by Crippen LogP contribution is 2.28. The van der Waals surface area contributed by atoms with E-state index in [0.717, 1.165) is 42.8 Å². The molecule has 4 rings (SSSR count). The smallest absolute Gasteiger partial charge is 0.348 e. The van der Waals surface area contributed by atoms with E-state index < -0.39 is 18.2 Å². The Bertz CT molecular complexity index is 1100. The van der Waals surface area contributed by atoms with E-state index in [4.69, 9.17) is 9.47 Å². The predicted molar refractivity (Wildman–Crippen MR) is 150 cm³/mol. The van der Waals surface area contributed by atoms with Gasteiger partial charge in [0, 0.05) is 30.2 Å². The van der Waals surface area contributed by atoms with Crippen molar-refractivity contribution in [1.82, 2.24) is 10.2 Å². The molecular formula is C29H39N3O6S. The largest absolute Gasteiger partial charge is 0.460 e. The number of unbranched alkanes of at least 4 members (excludes halogenated alkanes) is 2. The highest BCUT2D eigenvalue weighted by Gasteiger charge is 2.38. The number of aliphatic hydroxyl groups excluding tert-OH is 1. The molecule has 1 aromatic carbocycles. The van der Waals surface area contributed by atoms with Crippen LogP contribution < -0.4 is 10.2 Å². The lowest BCUT2D eigenvalue weighted by Gasteiger charge is -2.26. The maximum atomic E-state index is 12.6. The summed E-state index contributed by atoms with van der Waals surface area (Å²) in [7, 11) is 0. The number of rotatable bonds is 14. The van der Waals surface area contributed by atoms with Crippen molar-refractivity contribution < 1.29 is 29.0 Å². The molecule has 9 nitrogen and oxygen atoms in total. The zero-order chi connectivity index (χ0) is 27.6. The number of hydrogen-bond acceptors (Lipinski definition) is 8. The normalized spacial score (nSPS) is 18.8. The monoisotopic (exact) mass is 557 g/mol. The number of aryl methyl sites for hydroxylation is 1. The molecule has 3 amide bonds. The maximum absolute atomic E-state index is 12.6. The molecule has 1 unspecified atom stereocenters. The second kappa shape index (κ2) is 14.6. The van der Waals surface area contributed by atoms with Gasteiger partial charge in [-0.1, -0.05) is 38.3 Å². The molecule has 2 aromatic rings. The van der Waals surface area contributed by atoms with Crippen molar-refractivity contribution in [1.29, 1.82) is 0 Å². The van der Waals surface area contributed by atoms with Crippen LogP contribution in [0.25, 0.3) is 0 Å². The molecule has 2 aliphatic rings. The lowest BCUT2D eigenvalue weighted by atomic mass is 10.0. The number of imide groups is 1. The summed E-state index contributed by atoms with van der Waals surface area (Å²) in [4.78, 5) is 42.9. The third-order valence-corrected chi connectivity index (χ3v) is 8.33. The highest BCUT2D eigenvalue weighted by molar-refractivity contribution is 7.13. The molecule has 1 aromatic heterocycles. The number of carbonyl (C=O) groups excluding carboxylic acids is 3. The number of esters is 1. The molecule has 0 bridgehead atoms. The molecule has 10 heteroatoms. The quantitative estimate of drug-likeness (QED) is 0.203. The molecule has 0 radical (unpaired) electrons. The first-order valence-electron chi connectivity index (χ1n) is 13.9. The minimum Gasteiger partial charge on any atom is -0.460 e. The Morgan fingerprint density at radius 2 is 1.90 bits per heavy atom. The summed E-state index contributed by atoms with van der Waals surface area (Å²) in [6, 6.07) is 9.92. The van der Waals surface area contributed by atoms with E-state index in [2.05, 4.69) is 17.1 Å². The Balaban J connectivity index is 1.25. The van der Waals surface area contributed by atoms with Crippen molar-refractivity contribution >= 4 is 34.9 Å². The fourth-order valence-corrected chi connectivity index (χ4v) is 5.87. The van der Waals surface area contributed by atoms with E-state index in [-0.39, 0.29) is 11.9 Å². The summed E-state index contributed by atoms with van der Waals surface area (Å²) in [6.07, 6.45) is 5.19. The van der Waals surface area contributed by atoms with Crippen molar-refractivity contribution in [3.8, 4) is 0 Å². The van der Waals surface area contributed by atoms with Gasteiger partial charge in [0.1, 0.15) is 17.5 Å². The molecule has 2 aliphatic heterocycles. The molecule has 3 heterocycles. The first-order chi connectivity index (χ1) is 19.0. The van der Waals surface area contributed by atoms with Crippen LogP contribution in [-0.2, 0) is 20.7 Å². The minimum atomic E-state index is -0.595. The van der Waals surface area contributed by atoms with E-state index in [1.807, 2.05) is 18.2 Å². The van der Waals surface area contributed by atoms with Gasteiger partial charge in [-0.15, -0.1) is 11.3 Å². The summed E-state index contributed by atoms with van der Waals surface area (Å²) in [6.45, 7) is 6.33. The number of anilines is 1. The second-order valence-corrected chi connectivity index (χ2v) is 11.2. The number of nitrogens with zero attached hydrogens (tertiary/aromatic N) is 2. The first-order valence-corrected chi connectivity index (χ1v) is 14.8. The van der Waals surface area contributed by atoms with Gasteiger partial charge in [0.15, 0.2) is 0 Å². The number of amides is 3. The number of urea groups is 1. The van der Waals surface area contributed by atoms with Gasteiger partial charge < -0.3 is 14.6 Å². The van der Waals surface area contributed by atoms with E-state index in [1.165, 1.54) is 16.2 Å². The van der Waals surface area contributed by atoms with Crippen LogP contribution in [0, 0.1) is 0 Å². The van der Waals surface area contributed by atoms with Crippen LogP contribution in [0.3, 0.4) is 0 Å². The second-order valence-electron chi connectivity index (χ2n) is 10.0. The van der Waals surface area contributed by atoms with Crippen molar-refractivity contribution in [3.05, 3.63) is 51.7 Å². The third-order valence-electron chi connectivity index (χ3n) is 7.21. The number of benzene rings is 1. The summed E-state index contributed by atoms with van der Waals surface area (Å²) in [5.41, 5.74) is 1.44. The summed E-state index contributed by atoms with van der Waals surface area (Å²) in [5, 5.41) is 12.9. The fourth-order valence-electron chi connectivity index (χ4n) is 4.93. The predicted octanol–water partition coefficient (Wildman–Crippen LogP) is 4.30. The standard InChI is InChI=1S/C29H39N3O6S/c1-2-3-4-8-25(33)21-9-11-22(12-10-21)32-24(27(34)30-29(32)36)7-5-6-23-13-14-26(39-23)28(35)38-20-17-31-15-18-37-19-16-31/h9-14,24-25,33H,2-8,15-20H2,1H3,(H,30,34,36)/t24-,25?/m0/s1. The van der Waals surface area contributed by atoms with Gasteiger partial charge >= 0.3 is 12.0 Å². The van der Waals surface area contributed by atoms with Crippen LogP contribution in [-0.4, -0.2) is 73.4 Å². The third kappa shape index (κ3) is 8.11. The van der Waals surface area contributed by atoms with Crippen molar-refractivity contribution in [2.24, 2.45) is 0 Å². The van der Waals surface area contributed by atoms with Gasteiger partial charge in [-0.25, -0.2) is 9.59 Å². The molecule has 2 fully saturated rings. The average Bonchev–Trinajstić information content (AvgIpc) is 3.53. The molecule has 2 N–H and O–H groups in total. The Hall–Kier alpha value is -2.79. The van der Waals surface area contributed by atoms with Gasteiger partial charge in [-0.3, -0.25) is 19.9 Å². The van der Waals surface area contributed by atoms with Gasteiger partial charge in [0.2, 0.25) is 0 Å². The summed E-state index contributed by atoms with van der Waals surface area (Å²) >= 11 is 1.41. The molecule has 2 saturated heterocycles. The van der Waals surface area contributed by atoms with Crippen LogP contribution in [0.2, 0.25) is 0 Å². The van der Waals surface area contributed by atoms with E-state index in [0.29, 0.717) is 62.6 Å². The SMILES string of the molecule is CCCCCC(O)c1ccc(N2C(=O)NC(=O)[C@@H]2CCCc2ccc(C(=O)OCCN3CCOCC3)s2)cc1. The molecule has 212 valence electrons. The fraction of sp³-hybridized carbons (Fsp3) is 0.552. The molecule has 0 saturated carbocycles. The Kier molecular flexibility index (Phi) is 10.9. The maximum Gasteiger partial charge on any atom is 0.348 e. The van der Waals surface area contributed by atoms with Gasteiger partial charge in [0.25, 0.3) is 5.91 Å².